The molecule has 0 radical (unpaired) electrons. The summed E-state index contributed by atoms with van der Waals surface area (Å²) in [4.78, 5) is 28.1. The van der Waals surface area contributed by atoms with Crippen LogP contribution >= 0.6 is 45.8 Å². The summed E-state index contributed by atoms with van der Waals surface area (Å²) in [5.74, 6) is -1.10. The molecule has 0 amide bonds. The zero-order valence-electron chi connectivity index (χ0n) is 15.5. The molecule has 1 aromatic heterocycles. The first-order chi connectivity index (χ1) is 13.8. The normalized spacial score (nSPS) is 11.6. The molecule has 0 fully saturated rings. The lowest BCUT2D eigenvalue weighted by Crippen LogP contribution is -2.08. The SMILES string of the molecule is CCOC(=O)c1[nH]c2cc(Cl)cc(Cl)c2c1/C=C(/C(=O)OC)c1ccc(I)cc1. The molecule has 0 atom stereocenters. The molecule has 0 aliphatic rings. The largest absolute Gasteiger partial charge is 0.465 e. The van der Waals surface area contributed by atoms with Gasteiger partial charge in [0.2, 0.25) is 0 Å². The van der Waals surface area contributed by atoms with E-state index in [1.54, 1.807) is 25.1 Å². The van der Waals surface area contributed by atoms with Crippen molar-refractivity contribution < 1.29 is 19.1 Å². The molecule has 150 valence electrons. The number of carbonyl (C=O) groups excluding carboxylic acids is 2. The van der Waals surface area contributed by atoms with Crippen LogP contribution < -0.4 is 0 Å². The van der Waals surface area contributed by atoms with Crippen molar-refractivity contribution in [3.8, 4) is 0 Å². The molecule has 0 bridgehead atoms. The highest BCUT2D eigenvalue weighted by Crippen LogP contribution is 2.35. The number of esters is 2. The fourth-order valence-corrected chi connectivity index (χ4v) is 3.88. The van der Waals surface area contributed by atoms with E-state index in [0.29, 0.717) is 32.1 Å². The van der Waals surface area contributed by atoms with Crippen molar-refractivity contribution in [2.45, 2.75) is 6.92 Å². The minimum absolute atomic E-state index is 0.179. The second kappa shape index (κ2) is 9.19. The molecule has 3 aromatic rings. The maximum Gasteiger partial charge on any atom is 0.355 e. The van der Waals surface area contributed by atoms with Crippen molar-refractivity contribution in [1.82, 2.24) is 4.98 Å². The van der Waals surface area contributed by atoms with Crippen molar-refractivity contribution in [3.05, 3.63) is 66.8 Å². The molecular formula is C21H16Cl2INO4. The number of rotatable bonds is 5. The van der Waals surface area contributed by atoms with E-state index >= 15 is 0 Å². The van der Waals surface area contributed by atoms with Crippen LogP contribution in [0.15, 0.2) is 36.4 Å². The van der Waals surface area contributed by atoms with Crippen LogP contribution in [-0.2, 0) is 14.3 Å². The van der Waals surface area contributed by atoms with Crippen LogP contribution in [0.4, 0.5) is 0 Å². The molecule has 8 heteroatoms. The molecule has 2 aromatic carbocycles. The molecule has 0 aliphatic heterocycles. The van der Waals surface area contributed by atoms with Gasteiger partial charge < -0.3 is 14.5 Å². The van der Waals surface area contributed by atoms with Crippen molar-refractivity contribution in [2.75, 3.05) is 13.7 Å². The maximum atomic E-state index is 12.6. The Morgan fingerprint density at radius 1 is 1.17 bits per heavy atom. The number of fused-ring (bicyclic) bond motifs is 1. The highest BCUT2D eigenvalue weighted by Gasteiger charge is 2.22. The first kappa shape index (κ1) is 21.7. The van der Waals surface area contributed by atoms with Crippen LogP contribution in [-0.4, -0.2) is 30.6 Å². The van der Waals surface area contributed by atoms with E-state index in [1.807, 2.05) is 24.3 Å². The lowest BCUT2D eigenvalue weighted by Gasteiger charge is -2.08. The third-order valence-corrected chi connectivity index (χ3v) is 5.42. The molecule has 0 aliphatic carbocycles. The molecular weight excluding hydrogens is 528 g/mol. The van der Waals surface area contributed by atoms with Gasteiger partial charge in [-0.05, 0) is 65.4 Å². The third kappa shape index (κ3) is 4.60. The van der Waals surface area contributed by atoms with Crippen LogP contribution in [0.5, 0.6) is 0 Å². The Bertz CT molecular complexity index is 1120. The van der Waals surface area contributed by atoms with Crippen LogP contribution in [0.25, 0.3) is 22.6 Å². The Balaban J connectivity index is 2.32. The van der Waals surface area contributed by atoms with E-state index in [-0.39, 0.29) is 17.9 Å². The van der Waals surface area contributed by atoms with Gasteiger partial charge in [0.1, 0.15) is 5.69 Å². The molecule has 0 spiro atoms. The lowest BCUT2D eigenvalue weighted by molar-refractivity contribution is -0.133. The van der Waals surface area contributed by atoms with Crippen LogP contribution in [0.2, 0.25) is 10.0 Å². The van der Waals surface area contributed by atoms with Crippen molar-refractivity contribution in [1.29, 1.82) is 0 Å². The average Bonchev–Trinajstić information content (AvgIpc) is 3.05. The van der Waals surface area contributed by atoms with E-state index in [1.165, 1.54) is 7.11 Å². The minimum Gasteiger partial charge on any atom is -0.465 e. The topological polar surface area (TPSA) is 68.4 Å². The Hall–Kier alpha value is -2.03. The number of aromatic nitrogens is 1. The summed E-state index contributed by atoms with van der Waals surface area (Å²) in [7, 11) is 1.30. The number of hydrogen-bond donors (Lipinski definition) is 1. The van der Waals surface area contributed by atoms with Gasteiger partial charge in [0.05, 0.1) is 24.3 Å². The number of ether oxygens (including phenoxy) is 2. The minimum atomic E-state index is -0.561. The highest BCUT2D eigenvalue weighted by molar-refractivity contribution is 14.1. The molecule has 5 nitrogen and oxygen atoms in total. The lowest BCUT2D eigenvalue weighted by atomic mass is 10.0. The smallest absolute Gasteiger partial charge is 0.355 e. The molecule has 29 heavy (non-hydrogen) atoms. The number of benzene rings is 2. The Labute approximate surface area is 191 Å². The summed E-state index contributed by atoms with van der Waals surface area (Å²) in [6, 6.07) is 10.6. The number of carbonyl (C=O) groups is 2. The summed E-state index contributed by atoms with van der Waals surface area (Å²) in [6.45, 7) is 1.91. The van der Waals surface area contributed by atoms with Gasteiger partial charge in [-0.1, -0.05) is 35.3 Å². The number of H-pyrrole nitrogens is 1. The van der Waals surface area contributed by atoms with Crippen molar-refractivity contribution in [3.63, 3.8) is 0 Å². The number of nitrogens with one attached hydrogen (secondary N) is 1. The van der Waals surface area contributed by atoms with Crippen LogP contribution in [0.3, 0.4) is 0 Å². The summed E-state index contributed by atoms with van der Waals surface area (Å²) in [6.07, 6.45) is 1.58. The van der Waals surface area contributed by atoms with Crippen molar-refractivity contribution >= 4 is 80.3 Å². The van der Waals surface area contributed by atoms with Gasteiger partial charge in [0, 0.05) is 25.1 Å². The van der Waals surface area contributed by atoms with E-state index in [2.05, 4.69) is 27.6 Å². The van der Waals surface area contributed by atoms with Gasteiger partial charge >= 0.3 is 11.9 Å². The third-order valence-electron chi connectivity index (χ3n) is 4.18. The summed E-state index contributed by atoms with van der Waals surface area (Å²) in [5.41, 5.74) is 2.09. The highest BCUT2D eigenvalue weighted by atomic mass is 127. The predicted octanol–water partition coefficient (Wildman–Crippen LogP) is 5.97. The fraction of sp³-hybridized carbons (Fsp3) is 0.143. The summed E-state index contributed by atoms with van der Waals surface area (Å²) < 4.78 is 11.2. The predicted molar refractivity (Wildman–Crippen MR) is 123 cm³/mol. The zero-order valence-corrected chi connectivity index (χ0v) is 19.2. The maximum absolute atomic E-state index is 12.6. The fourth-order valence-electron chi connectivity index (χ4n) is 2.93. The number of hydrogen-bond acceptors (Lipinski definition) is 4. The van der Waals surface area contributed by atoms with E-state index in [9.17, 15) is 9.59 Å². The number of methoxy groups -OCH3 is 1. The number of halogens is 3. The Kier molecular flexibility index (Phi) is 6.87. The summed E-state index contributed by atoms with van der Waals surface area (Å²) >= 11 is 14.7. The molecule has 1 heterocycles. The van der Waals surface area contributed by atoms with Gasteiger partial charge in [-0.2, -0.15) is 0 Å². The molecule has 1 N–H and O–H groups in total. The van der Waals surface area contributed by atoms with Crippen LogP contribution in [0, 0.1) is 3.57 Å². The summed E-state index contributed by atoms with van der Waals surface area (Å²) in [5, 5.41) is 1.32. The molecule has 0 unspecified atom stereocenters. The Morgan fingerprint density at radius 2 is 1.86 bits per heavy atom. The van der Waals surface area contributed by atoms with Crippen molar-refractivity contribution in [2.24, 2.45) is 0 Å². The average molecular weight is 544 g/mol. The monoisotopic (exact) mass is 543 g/mol. The second-order valence-corrected chi connectivity index (χ2v) is 8.09. The molecule has 3 rings (SSSR count). The first-order valence-electron chi connectivity index (χ1n) is 8.59. The van der Waals surface area contributed by atoms with Crippen LogP contribution in [0.1, 0.15) is 28.5 Å². The quantitative estimate of drug-likeness (QED) is 0.244. The second-order valence-electron chi connectivity index (χ2n) is 6.00. The van der Waals surface area contributed by atoms with Gasteiger partial charge in [-0.15, -0.1) is 0 Å². The van der Waals surface area contributed by atoms with Gasteiger partial charge in [0.15, 0.2) is 0 Å². The van der Waals surface area contributed by atoms with Gasteiger partial charge in [-0.25, -0.2) is 9.59 Å². The molecule has 0 saturated heterocycles. The molecule has 0 saturated carbocycles. The first-order valence-corrected chi connectivity index (χ1v) is 10.4. The van der Waals surface area contributed by atoms with E-state index < -0.39 is 11.9 Å². The zero-order chi connectivity index (χ0) is 21.1. The standard InChI is InChI=1S/C21H16Cl2INO4/c1-3-29-21(27)19-15(18-16(23)8-12(22)9-17(18)25-19)10-14(20(26)28-2)11-4-6-13(24)7-5-11/h4-10,25H,3H2,1-2H3/b14-10+. The van der Waals surface area contributed by atoms with E-state index in [4.69, 9.17) is 32.7 Å². The van der Waals surface area contributed by atoms with Gasteiger partial charge in [0.25, 0.3) is 0 Å². The Morgan fingerprint density at radius 3 is 2.48 bits per heavy atom. The van der Waals surface area contributed by atoms with Gasteiger partial charge in [-0.3, -0.25) is 0 Å². The van der Waals surface area contributed by atoms with E-state index in [0.717, 1.165) is 3.57 Å². The number of aromatic amines is 1.